The highest BCUT2D eigenvalue weighted by molar-refractivity contribution is 5.84. The van der Waals surface area contributed by atoms with Gasteiger partial charge in [-0.05, 0) is 227 Å². The molecule has 2 fully saturated rings. The highest BCUT2D eigenvalue weighted by Crippen LogP contribution is 2.75. The number of fused-ring (bicyclic) bond motifs is 1. The molecule has 4 N–H and O–H groups in total. The minimum atomic E-state index is -1.14. The van der Waals surface area contributed by atoms with E-state index in [-0.39, 0.29) is 11.5 Å². The molecule has 0 heterocycles. The Morgan fingerprint density at radius 3 is 0.845 bits per heavy atom. The highest BCUT2D eigenvalue weighted by atomic mass is 16.5. The molecule has 0 aliphatic heterocycles. The molecule has 536 valence electrons. The predicted molar refractivity (Wildman–Crippen MR) is 424 cm³/mol. The smallest absolute Gasteiger partial charge is 0.121 e. The van der Waals surface area contributed by atoms with Gasteiger partial charge in [-0.1, -0.05) is 192 Å². The summed E-state index contributed by atoms with van der Waals surface area (Å²) in [5.74, 6) is 4.49. The van der Waals surface area contributed by atoms with Gasteiger partial charge in [0.2, 0.25) is 0 Å². The topological polar surface area (TPSA) is 124 Å². The third kappa shape index (κ3) is 15.3. The molecular formula is C93H106N2O8. The van der Waals surface area contributed by atoms with E-state index in [2.05, 4.69) is 263 Å². The minimum Gasteiger partial charge on any atom is -0.508 e. The maximum atomic E-state index is 12.5. The number of rotatable bonds is 32. The van der Waals surface area contributed by atoms with Crippen LogP contribution < -0.4 is 28.7 Å². The zero-order chi connectivity index (χ0) is 72.6. The average molecular weight is 1380 g/mol. The molecular weight excluding hydrogens is 1270 g/mol. The maximum Gasteiger partial charge on any atom is 0.121 e. The number of anilines is 6. The minimum absolute atomic E-state index is 0.00592. The molecule has 0 radical (unpaired) electrons. The molecule has 0 saturated heterocycles. The van der Waals surface area contributed by atoms with Crippen molar-refractivity contribution in [3.63, 3.8) is 0 Å². The van der Waals surface area contributed by atoms with Crippen molar-refractivity contribution in [1.82, 2.24) is 0 Å². The summed E-state index contributed by atoms with van der Waals surface area (Å²) in [4.78, 5) is 4.26. The number of aryl methyl sites for hydroxylation is 4. The van der Waals surface area contributed by atoms with E-state index in [1.54, 1.807) is 12.1 Å². The molecule has 10 aromatic carbocycles. The Bertz CT molecular complexity index is 4270. The largest absolute Gasteiger partial charge is 0.508 e. The zero-order valence-electron chi connectivity index (χ0n) is 62.6. The second-order valence-electron chi connectivity index (χ2n) is 29.1. The molecule has 3 unspecified atom stereocenters. The van der Waals surface area contributed by atoms with Gasteiger partial charge in [-0.15, -0.1) is 0 Å². The number of aromatic hydroxyl groups is 2. The quantitative estimate of drug-likeness (QED) is 0.0324. The van der Waals surface area contributed by atoms with Crippen LogP contribution in [-0.4, -0.2) is 59.1 Å². The van der Waals surface area contributed by atoms with Crippen molar-refractivity contribution in [3.05, 3.63) is 240 Å². The molecule has 10 heteroatoms. The normalized spacial score (nSPS) is 16.8. The first-order chi connectivity index (χ1) is 50.0. The maximum absolute atomic E-state index is 12.5. The lowest BCUT2D eigenvalue weighted by molar-refractivity contribution is 0.0248. The van der Waals surface area contributed by atoms with Crippen molar-refractivity contribution in [1.29, 1.82) is 0 Å². The first-order valence-electron chi connectivity index (χ1n) is 38.0. The van der Waals surface area contributed by atoms with E-state index in [9.17, 15) is 20.4 Å². The molecule has 12 rings (SSSR count). The molecule has 10 nitrogen and oxygen atoms in total. The third-order valence-electron chi connectivity index (χ3n) is 22.9. The molecule has 2 aliphatic rings. The second-order valence-corrected chi connectivity index (χ2v) is 29.1. The first kappa shape index (κ1) is 73.3. The van der Waals surface area contributed by atoms with Gasteiger partial charge in [-0.3, -0.25) is 0 Å². The van der Waals surface area contributed by atoms with Gasteiger partial charge in [-0.2, -0.15) is 0 Å². The van der Waals surface area contributed by atoms with Crippen LogP contribution in [0.2, 0.25) is 0 Å². The van der Waals surface area contributed by atoms with Gasteiger partial charge in [0.1, 0.15) is 34.5 Å². The van der Waals surface area contributed by atoms with Gasteiger partial charge < -0.3 is 49.2 Å². The molecule has 0 spiro atoms. The Morgan fingerprint density at radius 2 is 0.592 bits per heavy atom. The number of ether oxygens (including phenoxy) is 4. The van der Waals surface area contributed by atoms with Crippen molar-refractivity contribution in [2.75, 3.05) is 36.2 Å². The summed E-state index contributed by atoms with van der Waals surface area (Å²) in [6.07, 6.45) is 6.58. The van der Waals surface area contributed by atoms with Crippen molar-refractivity contribution >= 4 is 34.1 Å². The molecule has 103 heavy (non-hydrogen) atoms. The van der Waals surface area contributed by atoms with Crippen LogP contribution in [-0.2, 0) is 5.41 Å². The average Bonchev–Trinajstić information content (AvgIpc) is 1.47. The fourth-order valence-corrected chi connectivity index (χ4v) is 15.7. The fourth-order valence-electron chi connectivity index (χ4n) is 15.7. The summed E-state index contributed by atoms with van der Waals surface area (Å²) >= 11 is 0. The van der Waals surface area contributed by atoms with Crippen LogP contribution in [0.25, 0.3) is 44.5 Å². The highest BCUT2D eigenvalue weighted by Gasteiger charge is 2.82. The number of phenolic OH excluding ortho intramolecular Hbond substituents is 2. The Labute approximate surface area is 612 Å². The van der Waals surface area contributed by atoms with E-state index in [4.69, 9.17) is 18.9 Å². The summed E-state index contributed by atoms with van der Waals surface area (Å²) in [7, 11) is 0. The van der Waals surface area contributed by atoms with E-state index < -0.39 is 29.5 Å². The van der Waals surface area contributed by atoms with Gasteiger partial charge in [-0.25, -0.2) is 0 Å². The van der Waals surface area contributed by atoms with E-state index in [1.807, 2.05) is 24.3 Å². The Morgan fingerprint density at radius 1 is 0.320 bits per heavy atom. The van der Waals surface area contributed by atoms with Gasteiger partial charge in [0.15, 0.2) is 0 Å². The Balaban J connectivity index is 0.827. The zero-order valence-corrected chi connectivity index (χ0v) is 62.6. The van der Waals surface area contributed by atoms with Crippen LogP contribution in [0.3, 0.4) is 0 Å². The van der Waals surface area contributed by atoms with Crippen LogP contribution in [0.15, 0.2) is 206 Å². The second kappa shape index (κ2) is 32.5. The van der Waals surface area contributed by atoms with Crippen LogP contribution in [0.1, 0.15) is 146 Å². The van der Waals surface area contributed by atoms with Crippen molar-refractivity contribution in [2.45, 2.75) is 158 Å². The summed E-state index contributed by atoms with van der Waals surface area (Å²) in [6.45, 7) is 29.0. The first-order valence-corrected chi connectivity index (χ1v) is 38.0. The van der Waals surface area contributed by atoms with E-state index in [0.29, 0.717) is 66.9 Å². The van der Waals surface area contributed by atoms with Crippen molar-refractivity contribution < 1.29 is 39.4 Å². The van der Waals surface area contributed by atoms with Crippen LogP contribution >= 0.6 is 0 Å². The standard InChI is InChI=1S/C93H106N2O8/c1-13-63(14-2)55-100-77-39-44-81(59(9)49-77)67-21-29-71(30-22-67)94(72-31-23-68(24-32-72)82-45-40-78(50-60(82)10)101-56-64(15-3)16-4)75-37-43-85(87(96)53-75)89-90-92(99)93(90,91(89)98)86-48-38-76(54-88(86)97)95(73-33-25-69(26-34-73)83-46-41-79(51-61(83)11)102-57-65(17-5)18-6)74-35-27-70(28-36-74)84-47-42-80(52-62(84)12)103-58-66(19-7)20-8/h21-54,63-66,89-92,96-99H,13-20,55-58H2,1-12H3/t89-,90?,91?,92?,93+/m0/s1. The number of nitrogens with zero attached hydrogens (tertiary/aromatic N) is 2. The van der Waals surface area contributed by atoms with Crippen molar-refractivity contribution in [2.24, 2.45) is 29.6 Å². The summed E-state index contributed by atoms with van der Waals surface area (Å²) in [6, 6.07) is 70.5. The number of aliphatic hydroxyl groups excluding tert-OH is 2. The summed E-state index contributed by atoms with van der Waals surface area (Å²) < 4.78 is 25.0. The van der Waals surface area contributed by atoms with E-state index in [0.717, 1.165) is 170 Å². The number of hydrogen-bond acceptors (Lipinski definition) is 10. The Kier molecular flexibility index (Phi) is 23.1. The lowest BCUT2D eigenvalue weighted by Crippen LogP contribution is -2.45. The predicted octanol–water partition coefficient (Wildman–Crippen LogP) is 23.6. The molecule has 0 bridgehead atoms. The molecule has 0 aromatic heterocycles. The van der Waals surface area contributed by atoms with E-state index >= 15 is 0 Å². The number of benzene rings is 10. The van der Waals surface area contributed by atoms with Crippen molar-refractivity contribution in [3.8, 4) is 79.0 Å². The van der Waals surface area contributed by atoms with Crippen LogP contribution in [0.4, 0.5) is 34.1 Å². The number of aliphatic hydroxyl groups is 2. The lowest BCUT2D eigenvalue weighted by Gasteiger charge is -2.41. The molecule has 2 aliphatic carbocycles. The van der Waals surface area contributed by atoms with Gasteiger partial charge in [0.05, 0.1) is 44.1 Å². The Hall–Kier alpha value is -9.48. The monoisotopic (exact) mass is 1380 g/mol. The van der Waals surface area contributed by atoms with Gasteiger partial charge >= 0.3 is 0 Å². The van der Waals surface area contributed by atoms with Gasteiger partial charge in [0.25, 0.3) is 0 Å². The summed E-state index contributed by atoms with van der Waals surface area (Å²) in [5.41, 5.74) is 18.0. The molecule has 2 saturated carbocycles. The van der Waals surface area contributed by atoms with Crippen LogP contribution in [0.5, 0.6) is 34.5 Å². The number of hydrogen-bond donors (Lipinski definition) is 4. The fraction of sp³-hybridized carbons (Fsp3) is 0.355. The van der Waals surface area contributed by atoms with Gasteiger partial charge in [0, 0.05) is 69.2 Å². The molecule has 10 aromatic rings. The van der Waals surface area contributed by atoms with E-state index in [1.165, 1.54) is 0 Å². The number of phenols is 2. The molecule has 0 amide bonds. The van der Waals surface area contributed by atoms with Crippen LogP contribution in [0, 0.1) is 57.3 Å². The third-order valence-corrected chi connectivity index (χ3v) is 22.9. The SMILES string of the molecule is CCC(CC)COc1ccc(-c2ccc(N(c3ccc(-c4ccc(OCC(CC)CC)cc4C)cc3)c3ccc([C@@H]4C(O)[C@]5(c6ccc(N(c7ccc(-c8ccc(OCC(CC)CC)cc8C)cc7)c7ccc(-c8ccc(OCC(CC)CC)cc8C)cc7)cc6O)C(O)C45)c(O)c3)cc2)c(C)c1. The molecule has 5 atom stereocenters. The lowest BCUT2D eigenvalue weighted by atomic mass is 9.65. The summed E-state index contributed by atoms with van der Waals surface area (Å²) in [5, 5.41) is 49.4.